The van der Waals surface area contributed by atoms with Crippen LogP contribution in [0, 0.1) is 6.92 Å². The van der Waals surface area contributed by atoms with Crippen LogP contribution < -0.4 is 10.1 Å². The molecule has 0 amide bonds. The number of nitrogens with one attached hydrogen (secondary N) is 1. The normalized spacial score (nSPS) is 19.4. The number of ether oxygens (including phenoxy) is 2. The molecule has 1 aliphatic rings. The highest BCUT2D eigenvalue weighted by molar-refractivity contribution is 9.10. The number of halogens is 1. The van der Waals surface area contributed by atoms with E-state index in [1.165, 1.54) is 18.4 Å². The van der Waals surface area contributed by atoms with Crippen molar-refractivity contribution in [2.75, 3.05) is 20.3 Å². The number of aryl methyl sites for hydroxylation is 1. The van der Waals surface area contributed by atoms with Crippen LogP contribution in [0.2, 0.25) is 0 Å². The van der Waals surface area contributed by atoms with E-state index < -0.39 is 0 Å². The average Bonchev–Trinajstić information content (AvgIpc) is 2.39. The van der Waals surface area contributed by atoms with E-state index in [0.717, 1.165) is 35.4 Å². The third kappa shape index (κ3) is 4.20. The molecule has 2 rings (SSSR count). The van der Waals surface area contributed by atoms with E-state index in [1.807, 2.05) is 7.05 Å². The molecule has 1 N–H and O–H groups in total. The van der Waals surface area contributed by atoms with E-state index in [-0.39, 0.29) is 6.10 Å². The Morgan fingerprint density at radius 3 is 2.95 bits per heavy atom. The molecule has 1 heterocycles. The number of hydrogen-bond donors (Lipinski definition) is 1. The molecule has 19 heavy (non-hydrogen) atoms. The topological polar surface area (TPSA) is 30.5 Å². The lowest BCUT2D eigenvalue weighted by molar-refractivity contribution is -0.0113. The Labute approximate surface area is 123 Å². The van der Waals surface area contributed by atoms with Gasteiger partial charge >= 0.3 is 0 Å². The van der Waals surface area contributed by atoms with Gasteiger partial charge in [-0.1, -0.05) is 15.9 Å². The summed E-state index contributed by atoms with van der Waals surface area (Å²) in [6.45, 7) is 4.41. The summed E-state index contributed by atoms with van der Waals surface area (Å²) < 4.78 is 12.8. The predicted molar refractivity (Wildman–Crippen MR) is 80.7 cm³/mol. The molecule has 0 spiro atoms. The van der Waals surface area contributed by atoms with Crippen molar-refractivity contribution in [2.24, 2.45) is 0 Å². The quantitative estimate of drug-likeness (QED) is 0.898. The lowest BCUT2D eigenvalue weighted by Gasteiger charge is -2.24. The minimum Gasteiger partial charge on any atom is -0.490 e. The Morgan fingerprint density at radius 2 is 2.26 bits per heavy atom. The van der Waals surface area contributed by atoms with Crippen LogP contribution in [0.25, 0.3) is 0 Å². The van der Waals surface area contributed by atoms with Crippen molar-refractivity contribution in [3.05, 3.63) is 27.7 Å². The lowest BCUT2D eigenvalue weighted by Crippen LogP contribution is -2.26. The summed E-state index contributed by atoms with van der Waals surface area (Å²) in [5.41, 5.74) is 2.35. The van der Waals surface area contributed by atoms with Gasteiger partial charge in [-0.2, -0.15) is 0 Å². The maximum Gasteiger partial charge on any atom is 0.126 e. The Balaban J connectivity index is 2.05. The predicted octanol–water partition coefficient (Wildman–Crippen LogP) is 3.42. The van der Waals surface area contributed by atoms with Crippen LogP contribution >= 0.6 is 15.9 Å². The largest absolute Gasteiger partial charge is 0.490 e. The fourth-order valence-electron chi connectivity index (χ4n) is 2.44. The SMILES string of the molecule is CNCc1cc(Br)cc(C)c1OCC1CCCCO1. The summed E-state index contributed by atoms with van der Waals surface area (Å²) in [5.74, 6) is 0.992. The van der Waals surface area contributed by atoms with Gasteiger partial charge in [0, 0.05) is 23.2 Å². The van der Waals surface area contributed by atoms with Crippen molar-refractivity contribution in [1.29, 1.82) is 0 Å². The number of benzene rings is 1. The monoisotopic (exact) mass is 327 g/mol. The van der Waals surface area contributed by atoms with Crippen molar-refractivity contribution >= 4 is 15.9 Å². The van der Waals surface area contributed by atoms with Gasteiger partial charge in [-0.15, -0.1) is 0 Å². The first-order chi connectivity index (χ1) is 9.20. The summed E-state index contributed by atoms with van der Waals surface area (Å²) in [7, 11) is 1.95. The molecule has 1 fully saturated rings. The maximum absolute atomic E-state index is 6.03. The van der Waals surface area contributed by atoms with E-state index in [9.17, 15) is 0 Å². The van der Waals surface area contributed by atoms with Crippen molar-refractivity contribution in [3.8, 4) is 5.75 Å². The molecule has 0 bridgehead atoms. The lowest BCUT2D eigenvalue weighted by atomic mass is 10.1. The number of hydrogen-bond acceptors (Lipinski definition) is 3. The first kappa shape index (κ1) is 14.8. The smallest absolute Gasteiger partial charge is 0.126 e. The zero-order chi connectivity index (χ0) is 13.7. The average molecular weight is 328 g/mol. The second kappa shape index (κ2) is 7.27. The van der Waals surface area contributed by atoms with Crippen molar-refractivity contribution in [2.45, 2.75) is 38.8 Å². The Kier molecular flexibility index (Phi) is 5.67. The van der Waals surface area contributed by atoms with Crippen LogP contribution in [-0.2, 0) is 11.3 Å². The molecule has 1 saturated heterocycles. The van der Waals surface area contributed by atoms with Gasteiger partial charge in [0.1, 0.15) is 12.4 Å². The second-order valence-corrected chi connectivity index (χ2v) is 5.96. The molecular formula is C15H22BrNO2. The highest BCUT2D eigenvalue weighted by atomic mass is 79.9. The van der Waals surface area contributed by atoms with E-state index in [1.54, 1.807) is 0 Å². The van der Waals surface area contributed by atoms with Crippen LogP contribution in [0.1, 0.15) is 30.4 Å². The molecular weight excluding hydrogens is 306 g/mol. The van der Waals surface area contributed by atoms with Crippen LogP contribution in [-0.4, -0.2) is 26.4 Å². The molecule has 1 aliphatic heterocycles. The second-order valence-electron chi connectivity index (χ2n) is 5.04. The van der Waals surface area contributed by atoms with Gasteiger partial charge in [-0.05, 0) is 50.9 Å². The molecule has 0 saturated carbocycles. The summed E-state index contributed by atoms with van der Waals surface area (Å²) in [6, 6.07) is 4.21. The van der Waals surface area contributed by atoms with Gasteiger partial charge in [0.05, 0.1) is 6.10 Å². The van der Waals surface area contributed by atoms with E-state index in [2.05, 4.69) is 40.3 Å². The Hall–Kier alpha value is -0.580. The molecule has 106 valence electrons. The maximum atomic E-state index is 6.03. The van der Waals surface area contributed by atoms with Gasteiger partial charge in [0.25, 0.3) is 0 Å². The molecule has 1 atom stereocenters. The van der Waals surface area contributed by atoms with Crippen LogP contribution in [0.15, 0.2) is 16.6 Å². The third-order valence-corrected chi connectivity index (χ3v) is 3.83. The number of rotatable bonds is 5. The molecule has 1 aromatic rings. The Morgan fingerprint density at radius 1 is 1.42 bits per heavy atom. The van der Waals surface area contributed by atoms with E-state index in [4.69, 9.17) is 9.47 Å². The van der Waals surface area contributed by atoms with Crippen LogP contribution in [0.4, 0.5) is 0 Å². The van der Waals surface area contributed by atoms with Gasteiger partial charge < -0.3 is 14.8 Å². The summed E-state index contributed by atoms with van der Waals surface area (Å²) >= 11 is 3.54. The zero-order valence-corrected chi connectivity index (χ0v) is 13.3. The van der Waals surface area contributed by atoms with Gasteiger partial charge in [0.2, 0.25) is 0 Å². The highest BCUT2D eigenvalue weighted by Crippen LogP contribution is 2.28. The summed E-state index contributed by atoms with van der Waals surface area (Å²) in [6.07, 6.45) is 3.78. The van der Waals surface area contributed by atoms with Crippen molar-refractivity contribution < 1.29 is 9.47 Å². The zero-order valence-electron chi connectivity index (χ0n) is 11.7. The van der Waals surface area contributed by atoms with Crippen LogP contribution in [0.3, 0.4) is 0 Å². The molecule has 0 radical (unpaired) electrons. The van der Waals surface area contributed by atoms with E-state index >= 15 is 0 Å². The summed E-state index contributed by atoms with van der Waals surface area (Å²) in [4.78, 5) is 0. The standard InChI is InChI=1S/C15H22BrNO2/c1-11-7-13(16)8-12(9-17-2)15(11)19-10-14-5-3-4-6-18-14/h7-8,14,17H,3-6,9-10H2,1-2H3. The van der Waals surface area contributed by atoms with Crippen molar-refractivity contribution in [1.82, 2.24) is 5.32 Å². The van der Waals surface area contributed by atoms with Crippen LogP contribution in [0.5, 0.6) is 5.75 Å². The fraction of sp³-hybridized carbons (Fsp3) is 0.600. The molecule has 1 aromatic carbocycles. The van der Waals surface area contributed by atoms with Gasteiger partial charge in [-0.3, -0.25) is 0 Å². The summed E-state index contributed by atoms with van der Waals surface area (Å²) in [5, 5.41) is 3.18. The third-order valence-electron chi connectivity index (χ3n) is 3.37. The molecule has 0 aliphatic carbocycles. The molecule has 1 unspecified atom stereocenters. The first-order valence-electron chi connectivity index (χ1n) is 6.88. The molecule has 4 heteroatoms. The minimum absolute atomic E-state index is 0.249. The van der Waals surface area contributed by atoms with Gasteiger partial charge in [-0.25, -0.2) is 0 Å². The first-order valence-corrected chi connectivity index (χ1v) is 7.68. The fourth-order valence-corrected chi connectivity index (χ4v) is 3.06. The Bertz CT molecular complexity index is 417. The molecule has 3 nitrogen and oxygen atoms in total. The van der Waals surface area contributed by atoms with Gasteiger partial charge in [0.15, 0.2) is 0 Å². The van der Waals surface area contributed by atoms with E-state index in [0.29, 0.717) is 6.61 Å². The molecule has 0 aromatic heterocycles. The highest BCUT2D eigenvalue weighted by Gasteiger charge is 2.16. The van der Waals surface area contributed by atoms with Crippen molar-refractivity contribution in [3.63, 3.8) is 0 Å². The minimum atomic E-state index is 0.249.